The van der Waals surface area contributed by atoms with Gasteiger partial charge >= 0.3 is 6.09 Å². The fourth-order valence-corrected chi connectivity index (χ4v) is 3.87. The van der Waals surface area contributed by atoms with Crippen LogP contribution in [-0.2, 0) is 4.74 Å². The van der Waals surface area contributed by atoms with Crippen LogP contribution in [0.2, 0.25) is 10.3 Å². The molecule has 0 saturated carbocycles. The summed E-state index contributed by atoms with van der Waals surface area (Å²) in [6, 6.07) is 0. The number of nitrogens with zero attached hydrogens (tertiary/aromatic N) is 4. The van der Waals surface area contributed by atoms with Gasteiger partial charge < -0.3 is 14.5 Å². The van der Waals surface area contributed by atoms with Crippen LogP contribution in [0.15, 0.2) is 6.20 Å². The number of likely N-dealkylation sites (tertiary alicyclic amines) is 1. The first-order valence-electron chi connectivity index (χ1n) is 7.98. The molecule has 0 N–H and O–H groups in total. The van der Waals surface area contributed by atoms with Gasteiger partial charge in [-0.15, -0.1) is 0 Å². The molecule has 1 aromatic heterocycles. The molecule has 0 spiro atoms. The van der Waals surface area contributed by atoms with Crippen molar-refractivity contribution in [3.05, 3.63) is 16.5 Å². The topological polar surface area (TPSA) is 58.6 Å². The van der Waals surface area contributed by atoms with Crippen LogP contribution in [0, 0.1) is 11.3 Å². The summed E-state index contributed by atoms with van der Waals surface area (Å²) >= 11 is 12.1. The van der Waals surface area contributed by atoms with Gasteiger partial charge in [0.05, 0.1) is 6.20 Å². The maximum absolute atomic E-state index is 12.3. The highest BCUT2D eigenvalue weighted by Crippen LogP contribution is 2.44. The van der Waals surface area contributed by atoms with E-state index < -0.39 is 5.60 Å². The number of anilines is 1. The van der Waals surface area contributed by atoms with Crippen LogP contribution >= 0.6 is 23.2 Å². The van der Waals surface area contributed by atoms with Crippen molar-refractivity contribution in [2.24, 2.45) is 11.3 Å². The zero-order chi connectivity index (χ0) is 17.7. The number of carbonyl (C=O) groups is 1. The molecule has 2 aliphatic heterocycles. The van der Waals surface area contributed by atoms with E-state index >= 15 is 0 Å². The molecule has 6 nitrogen and oxygen atoms in total. The minimum absolute atomic E-state index is 0.0162. The van der Waals surface area contributed by atoms with Crippen LogP contribution in [0.1, 0.15) is 27.7 Å². The second-order valence-corrected chi connectivity index (χ2v) is 8.65. The predicted octanol–water partition coefficient (Wildman–Crippen LogP) is 3.48. The summed E-state index contributed by atoms with van der Waals surface area (Å²) in [6.45, 7) is 10.7. The van der Waals surface area contributed by atoms with Gasteiger partial charge in [-0.3, -0.25) is 0 Å². The number of hydrogen-bond donors (Lipinski definition) is 0. The van der Waals surface area contributed by atoms with Crippen molar-refractivity contribution in [3.8, 4) is 0 Å². The Hall–Kier alpha value is -1.27. The molecule has 3 heterocycles. The van der Waals surface area contributed by atoms with Crippen molar-refractivity contribution in [2.45, 2.75) is 33.3 Å². The molecule has 24 heavy (non-hydrogen) atoms. The standard InChI is InChI=1S/C16H22Cl2N4O2/c1-15(2,3)24-14(23)22-7-10-6-21(8-16(10,4)9-22)12-11(17)5-19-13(18)20-12/h5,10H,6-9H2,1-4H3/t10-,16+/m1/s1. The molecule has 2 fully saturated rings. The molecular weight excluding hydrogens is 351 g/mol. The molecule has 132 valence electrons. The lowest BCUT2D eigenvalue weighted by molar-refractivity contribution is 0.0273. The summed E-state index contributed by atoms with van der Waals surface area (Å²) in [5, 5.41) is 0.680. The molecule has 3 rings (SSSR count). The zero-order valence-electron chi connectivity index (χ0n) is 14.3. The summed E-state index contributed by atoms with van der Waals surface area (Å²) in [4.78, 5) is 24.4. The fourth-order valence-electron chi connectivity index (χ4n) is 3.53. The normalized spacial score (nSPS) is 26.7. The van der Waals surface area contributed by atoms with E-state index in [9.17, 15) is 4.79 Å². The minimum atomic E-state index is -0.479. The van der Waals surface area contributed by atoms with E-state index in [1.165, 1.54) is 6.20 Å². The summed E-state index contributed by atoms with van der Waals surface area (Å²) < 4.78 is 5.49. The monoisotopic (exact) mass is 372 g/mol. The summed E-state index contributed by atoms with van der Waals surface area (Å²) in [5.74, 6) is 1.01. The number of rotatable bonds is 1. The SMILES string of the molecule is CC(C)(C)OC(=O)N1C[C@H]2CN(c3nc(Cl)ncc3Cl)C[C@@]2(C)C1. The zero-order valence-corrected chi connectivity index (χ0v) is 15.9. The van der Waals surface area contributed by atoms with Crippen LogP contribution in [0.5, 0.6) is 0 Å². The van der Waals surface area contributed by atoms with E-state index in [2.05, 4.69) is 21.8 Å². The number of ether oxygens (including phenoxy) is 1. The van der Waals surface area contributed by atoms with Gasteiger partial charge in [-0.1, -0.05) is 18.5 Å². The molecule has 0 aromatic carbocycles. The Morgan fingerprint density at radius 1 is 1.33 bits per heavy atom. The average Bonchev–Trinajstić information content (AvgIpc) is 2.91. The Kier molecular flexibility index (Phi) is 4.33. The molecule has 1 amide bonds. The van der Waals surface area contributed by atoms with Crippen LogP contribution in [0.3, 0.4) is 0 Å². The van der Waals surface area contributed by atoms with Crippen molar-refractivity contribution >= 4 is 35.1 Å². The van der Waals surface area contributed by atoms with Crippen LogP contribution in [0.4, 0.5) is 10.6 Å². The second-order valence-electron chi connectivity index (χ2n) is 7.90. The van der Waals surface area contributed by atoms with Gasteiger partial charge in [-0.2, -0.15) is 4.98 Å². The van der Waals surface area contributed by atoms with Crippen LogP contribution in [0.25, 0.3) is 0 Å². The molecule has 0 bridgehead atoms. The van der Waals surface area contributed by atoms with Crippen molar-refractivity contribution in [2.75, 3.05) is 31.1 Å². The van der Waals surface area contributed by atoms with Crippen molar-refractivity contribution in [1.29, 1.82) is 0 Å². The third kappa shape index (κ3) is 3.40. The number of hydrogen-bond acceptors (Lipinski definition) is 5. The first-order chi connectivity index (χ1) is 11.1. The largest absolute Gasteiger partial charge is 0.444 e. The van der Waals surface area contributed by atoms with Gasteiger partial charge in [-0.25, -0.2) is 9.78 Å². The van der Waals surface area contributed by atoms with Gasteiger partial charge in [0.1, 0.15) is 10.6 Å². The summed E-state index contributed by atoms with van der Waals surface area (Å²) in [5.41, 5.74) is -0.495. The van der Waals surface area contributed by atoms with Gasteiger partial charge in [0.2, 0.25) is 5.28 Å². The lowest BCUT2D eigenvalue weighted by atomic mass is 9.83. The molecule has 0 radical (unpaired) electrons. The lowest BCUT2D eigenvalue weighted by Crippen LogP contribution is -2.39. The van der Waals surface area contributed by atoms with Crippen molar-refractivity contribution in [1.82, 2.24) is 14.9 Å². The number of halogens is 2. The van der Waals surface area contributed by atoms with Gasteiger partial charge in [0.25, 0.3) is 0 Å². The van der Waals surface area contributed by atoms with E-state index in [1.54, 1.807) is 0 Å². The van der Waals surface area contributed by atoms with E-state index in [1.807, 2.05) is 25.7 Å². The Bertz CT molecular complexity index is 664. The quantitative estimate of drug-likeness (QED) is 0.706. The molecule has 1 aromatic rings. The smallest absolute Gasteiger partial charge is 0.410 e. The molecule has 8 heteroatoms. The van der Waals surface area contributed by atoms with E-state index in [4.69, 9.17) is 27.9 Å². The summed E-state index contributed by atoms with van der Waals surface area (Å²) in [7, 11) is 0. The van der Waals surface area contributed by atoms with Crippen LogP contribution < -0.4 is 4.90 Å². The Balaban J connectivity index is 1.71. The summed E-state index contributed by atoms with van der Waals surface area (Å²) in [6.07, 6.45) is 1.28. The first kappa shape index (κ1) is 17.5. The average molecular weight is 373 g/mol. The third-order valence-electron chi connectivity index (χ3n) is 4.62. The Morgan fingerprint density at radius 3 is 2.67 bits per heavy atom. The predicted molar refractivity (Wildman–Crippen MR) is 93.7 cm³/mol. The maximum atomic E-state index is 12.3. The highest BCUT2D eigenvalue weighted by molar-refractivity contribution is 6.33. The number of aromatic nitrogens is 2. The molecule has 0 aliphatic carbocycles. The first-order valence-corrected chi connectivity index (χ1v) is 8.74. The van der Waals surface area contributed by atoms with Crippen molar-refractivity contribution < 1.29 is 9.53 Å². The lowest BCUT2D eigenvalue weighted by Gasteiger charge is -2.28. The molecule has 2 saturated heterocycles. The van der Waals surface area contributed by atoms with Crippen LogP contribution in [-0.4, -0.2) is 52.7 Å². The highest BCUT2D eigenvalue weighted by atomic mass is 35.5. The number of amides is 1. The molecule has 2 atom stereocenters. The van der Waals surface area contributed by atoms with E-state index in [-0.39, 0.29) is 16.8 Å². The molecular formula is C16H22Cl2N4O2. The van der Waals surface area contributed by atoms with Gasteiger partial charge in [0.15, 0.2) is 5.82 Å². The van der Waals surface area contributed by atoms with Gasteiger partial charge in [0, 0.05) is 37.5 Å². The number of carbonyl (C=O) groups excluding carboxylic acids is 1. The Morgan fingerprint density at radius 2 is 2.04 bits per heavy atom. The molecule has 2 aliphatic rings. The highest BCUT2D eigenvalue weighted by Gasteiger charge is 2.51. The third-order valence-corrected chi connectivity index (χ3v) is 5.07. The molecule has 0 unspecified atom stereocenters. The second kappa shape index (κ2) is 5.92. The van der Waals surface area contributed by atoms with E-state index in [0.29, 0.717) is 29.8 Å². The Labute approximate surface area is 152 Å². The number of fused-ring (bicyclic) bond motifs is 1. The maximum Gasteiger partial charge on any atom is 0.410 e. The van der Waals surface area contributed by atoms with E-state index in [0.717, 1.165) is 13.1 Å². The van der Waals surface area contributed by atoms with Gasteiger partial charge in [-0.05, 0) is 32.4 Å². The van der Waals surface area contributed by atoms with Crippen molar-refractivity contribution in [3.63, 3.8) is 0 Å². The fraction of sp³-hybridized carbons (Fsp3) is 0.688. The minimum Gasteiger partial charge on any atom is -0.444 e.